The van der Waals surface area contributed by atoms with E-state index in [1.54, 1.807) is 12.1 Å². The molecule has 1 aliphatic heterocycles. The first kappa shape index (κ1) is 16.9. The molecule has 2 bridgehead atoms. The summed E-state index contributed by atoms with van der Waals surface area (Å²) in [5.74, 6) is -0.327. The molecule has 4 fully saturated rings. The predicted octanol–water partition coefficient (Wildman–Crippen LogP) is 4.14. The molecule has 1 saturated heterocycles. The monoisotopic (exact) mass is 353 g/mol. The smallest absolute Gasteiger partial charge is 0.416 e. The van der Waals surface area contributed by atoms with Crippen molar-refractivity contribution in [3.63, 3.8) is 0 Å². The molecule has 1 aromatic carbocycles. The van der Waals surface area contributed by atoms with Crippen molar-refractivity contribution >= 4 is 5.97 Å². The second kappa shape index (κ2) is 5.47. The van der Waals surface area contributed by atoms with Gasteiger partial charge in [0, 0.05) is 6.54 Å². The van der Waals surface area contributed by atoms with Crippen LogP contribution in [0.15, 0.2) is 24.3 Å². The van der Waals surface area contributed by atoms with Crippen LogP contribution in [0.4, 0.5) is 13.2 Å². The first-order chi connectivity index (χ1) is 11.7. The Bertz CT molecular complexity index is 655. The molecular weight excluding hydrogens is 331 g/mol. The topological polar surface area (TPSA) is 40.5 Å². The number of piperidine rings is 1. The number of halogens is 3. The van der Waals surface area contributed by atoms with Crippen LogP contribution in [0.25, 0.3) is 0 Å². The van der Waals surface area contributed by atoms with E-state index in [9.17, 15) is 23.1 Å². The largest absolute Gasteiger partial charge is 0.481 e. The maximum absolute atomic E-state index is 12.6. The summed E-state index contributed by atoms with van der Waals surface area (Å²) in [5, 5.41) is 9.20. The Labute approximate surface area is 144 Å². The van der Waals surface area contributed by atoms with Gasteiger partial charge in [0.1, 0.15) is 0 Å². The van der Waals surface area contributed by atoms with Gasteiger partial charge in [0.25, 0.3) is 0 Å². The minimum atomic E-state index is -4.28. The highest BCUT2D eigenvalue weighted by molar-refractivity contribution is 5.79. The number of likely N-dealkylation sites (tertiary alicyclic amines) is 1. The molecule has 1 N–H and O–H groups in total. The zero-order chi connectivity index (χ0) is 17.9. The Kier molecular flexibility index (Phi) is 3.69. The van der Waals surface area contributed by atoms with Crippen LogP contribution >= 0.6 is 0 Å². The molecule has 1 heterocycles. The molecule has 6 heteroatoms. The van der Waals surface area contributed by atoms with E-state index in [2.05, 4.69) is 4.90 Å². The molecule has 0 aromatic heterocycles. The van der Waals surface area contributed by atoms with Gasteiger partial charge >= 0.3 is 12.1 Å². The fraction of sp³-hybridized carbons (Fsp3) is 0.632. The van der Waals surface area contributed by atoms with E-state index in [0.717, 1.165) is 57.3 Å². The third-order valence-corrected chi connectivity index (χ3v) is 6.45. The average molecular weight is 353 g/mol. The van der Waals surface area contributed by atoms with Crippen LogP contribution in [-0.2, 0) is 11.0 Å². The van der Waals surface area contributed by atoms with E-state index in [0.29, 0.717) is 5.92 Å². The summed E-state index contributed by atoms with van der Waals surface area (Å²) in [4.78, 5) is 13.6. The fourth-order valence-corrected chi connectivity index (χ4v) is 5.24. The summed E-state index contributed by atoms with van der Waals surface area (Å²) in [6.45, 7) is 2.85. The minimum Gasteiger partial charge on any atom is -0.481 e. The van der Waals surface area contributed by atoms with Crippen molar-refractivity contribution in [3.8, 4) is 0 Å². The van der Waals surface area contributed by atoms with Gasteiger partial charge in [-0.15, -0.1) is 0 Å². The first-order valence-corrected chi connectivity index (χ1v) is 8.84. The maximum atomic E-state index is 12.6. The Morgan fingerprint density at radius 1 is 1.12 bits per heavy atom. The van der Waals surface area contributed by atoms with Gasteiger partial charge in [-0.25, -0.2) is 0 Å². The molecule has 25 heavy (non-hydrogen) atoms. The normalized spacial score (nSPS) is 32.8. The van der Waals surface area contributed by atoms with Gasteiger partial charge in [-0.2, -0.15) is 13.2 Å². The minimum absolute atomic E-state index is 0.222. The van der Waals surface area contributed by atoms with Crippen LogP contribution in [0.3, 0.4) is 0 Å². The van der Waals surface area contributed by atoms with Gasteiger partial charge in [0.2, 0.25) is 0 Å². The van der Waals surface area contributed by atoms with Crippen molar-refractivity contribution in [2.75, 3.05) is 19.6 Å². The highest BCUT2D eigenvalue weighted by atomic mass is 19.4. The van der Waals surface area contributed by atoms with Crippen LogP contribution < -0.4 is 0 Å². The van der Waals surface area contributed by atoms with Gasteiger partial charge in [0.15, 0.2) is 0 Å². The maximum Gasteiger partial charge on any atom is 0.416 e. The molecule has 4 aliphatic rings. The van der Waals surface area contributed by atoms with Crippen molar-refractivity contribution in [1.29, 1.82) is 0 Å². The van der Waals surface area contributed by atoms with E-state index in [-0.39, 0.29) is 5.41 Å². The Morgan fingerprint density at radius 3 is 2.16 bits per heavy atom. The van der Waals surface area contributed by atoms with Crippen molar-refractivity contribution in [2.45, 2.75) is 44.2 Å². The molecule has 0 unspecified atom stereocenters. The number of nitrogens with zero attached hydrogens (tertiary/aromatic N) is 1. The summed E-state index contributed by atoms with van der Waals surface area (Å²) in [6, 6.07) is 5.57. The number of aliphatic carboxylic acids is 1. The van der Waals surface area contributed by atoms with Crippen LogP contribution in [0.1, 0.15) is 49.1 Å². The third kappa shape index (κ3) is 2.84. The molecule has 0 atom stereocenters. The predicted molar refractivity (Wildman–Crippen MR) is 86.2 cm³/mol. The summed E-state index contributed by atoms with van der Waals surface area (Å²) in [5.41, 5.74) is 0.200. The first-order valence-electron chi connectivity index (χ1n) is 8.84. The van der Waals surface area contributed by atoms with Crippen LogP contribution in [0.2, 0.25) is 0 Å². The van der Waals surface area contributed by atoms with E-state index in [4.69, 9.17) is 0 Å². The van der Waals surface area contributed by atoms with Crippen molar-refractivity contribution in [1.82, 2.24) is 4.90 Å². The zero-order valence-corrected chi connectivity index (χ0v) is 14.0. The van der Waals surface area contributed by atoms with Crippen LogP contribution in [-0.4, -0.2) is 35.6 Å². The molecule has 136 valence electrons. The molecule has 3 saturated carbocycles. The second-order valence-electron chi connectivity index (χ2n) is 8.29. The Hall–Kier alpha value is -1.56. The lowest BCUT2D eigenvalue weighted by Crippen LogP contribution is -2.68. The lowest BCUT2D eigenvalue weighted by molar-refractivity contribution is -0.228. The molecule has 0 radical (unpaired) electrons. The third-order valence-electron chi connectivity index (χ3n) is 6.45. The molecule has 0 amide bonds. The van der Waals surface area contributed by atoms with Gasteiger partial charge in [-0.05, 0) is 74.2 Å². The Morgan fingerprint density at radius 2 is 1.68 bits per heavy atom. The van der Waals surface area contributed by atoms with Gasteiger partial charge < -0.3 is 10.0 Å². The molecule has 3 aliphatic carbocycles. The van der Waals surface area contributed by atoms with Crippen molar-refractivity contribution in [2.24, 2.45) is 10.8 Å². The summed E-state index contributed by atoms with van der Waals surface area (Å²) in [7, 11) is 0. The lowest BCUT2D eigenvalue weighted by Gasteiger charge is -2.69. The van der Waals surface area contributed by atoms with E-state index < -0.39 is 23.1 Å². The molecule has 3 nitrogen and oxygen atoms in total. The number of hydrogen-bond acceptors (Lipinski definition) is 2. The molecular formula is C19H22F3NO2. The van der Waals surface area contributed by atoms with Gasteiger partial charge in [-0.3, -0.25) is 4.79 Å². The number of hydrogen-bond donors (Lipinski definition) is 1. The quantitative estimate of drug-likeness (QED) is 0.884. The average Bonchev–Trinajstić information content (AvgIpc) is 2.49. The lowest BCUT2D eigenvalue weighted by atomic mass is 9.35. The number of carboxylic acid groups (broad SMARTS) is 1. The van der Waals surface area contributed by atoms with E-state index in [1.165, 1.54) is 12.1 Å². The number of rotatable bonds is 4. The standard InChI is InChI=1S/C19H22F3NO2/c20-19(21,22)15-3-1-13(2-4-15)14-5-7-23(8-6-14)12-17-9-18(10-17,11-17)16(24)25/h1-4,14H,5-12H2,(H,24,25). The summed E-state index contributed by atoms with van der Waals surface area (Å²) < 4.78 is 37.9. The molecule has 1 aromatic rings. The fourth-order valence-electron chi connectivity index (χ4n) is 5.24. The highest BCUT2D eigenvalue weighted by Gasteiger charge is 2.71. The summed E-state index contributed by atoms with van der Waals surface area (Å²) >= 11 is 0. The number of alkyl halides is 3. The van der Waals surface area contributed by atoms with Crippen molar-refractivity contribution < 1.29 is 23.1 Å². The van der Waals surface area contributed by atoms with Crippen molar-refractivity contribution in [3.05, 3.63) is 35.4 Å². The second-order valence-corrected chi connectivity index (χ2v) is 8.29. The molecule has 5 rings (SSSR count). The van der Waals surface area contributed by atoms with Crippen LogP contribution in [0.5, 0.6) is 0 Å². The van der Waals surface area contributed by atoms with Gasteiger partial charge in [-0.1, -0.05) is 12.1 Å². The number of benzene rings is 1. The SMILES string of the molecule is O=C(O)C12CC(CN3CCC(c4ccc(C(F)(F)F)cc4)CC3)(C1)C2. The number of carbonyl (C=O) groups is 1. The van der Waals surface area contributed by atoms with E-state index >= 15 is 0 Å². The molecule has 0 spiro atoms. The van der Waals surface area contributed by atoms with Crippen LogP contribution in [0, 0.1) is 10.8 Å². The number of carboxylic acids is 1. The van der Waals surface area contributed by atoms with Gasteiger partial charge in [0.05, 0.1) is 11.0 Å². The summed E-state index contributed by atoms with van der Waals surface area (Å²) in [6.07, 6.45) is 0.0610. The Balaban J connectivity index is 1.29. The zero-order valence-electron chi connectivity index (χ0n) is 14.0. The van der Waals surface area contributed by atoms with E-state index in [1.807, 2.05) is 0 Å². The highest BCUT2D eigenvalue weighted by Crippen LogP contribution is 2.73.